The molecule has 0 aromatic carbocycles. The van der Waals surface area contributed by atoms with Crippen LogP contribution in [-0.2, 0) is 28.6 Å². The van der Waals surface area contributed by atoms with Gasteiger partial charge in [0, 0.05) is 19.3 Å². The highest BCUT2D eigenvalue weighted by atomic mass is 16.6. The number of carbonyl (C=O) groups is 3. The Hall–Kier alpha value is -3.93. The number of rotatable bonds is 46. The molecule has 0 aromatic heterocycles. The summed E-state index contributed by atoms with van der Waals surface area (Å²) in [6.07, 6.45) is 70.8. The summed E-state index contributed by atoms with van der Waals surface area (Å²) in [5, 5.41) is 0. The fraction of sp³-hybridized carbons (Fsp3) is 0.644. The van der Waals surface area contributed by atoms with E-state index in [0.717, 1.165) is 141 Å². The first-order valence-electron chi connectivity index (χ1n) is 26.4. The molecule has 0 aromatic rings. The van der Waals surface area contributed by atoms with E-state index >= 15 is 0 Å². The fourth-order valence-corrected chi connectivity index (χ4v) is 6.77. The van der Waals surface area contributed by atoms with Gasteiger partial charge in [0.2, 0.25) is 0 Å². The quantitative estimate of drug-likeness (QED) is 0.0262. The second-order valence-electron chi connectivity index (χ2n) is 17.0. The summed E-state index contributed by atoms with van der Waals surface area (Å²) in [5.41, 5.74) is 0. The summed E-state index contributed by atoms with van der Waals surface area (Å²) in [6, 6.07) is 0. The first kappa shape index (κ1) is 61.1. The molecule has 368 valence electrons. The van der Waals surface area contributed by atoms with Crippen molar-refractivity contribution in [3.63, 3.8) is 0 Å². The van der Waals surface area contributed by atoms with E-state index in [1.54, 1.807) is 0 Å². The summed E-state index contributed by atoms with van der Waals surface area (Å²) < 4.78 is 16.7. The smallest absolute Gasteiger partial charge is 0.306 e. The summed E-state index contributed by atoms with van der Waals surface area (Å²) in [7, 11) is 0. The van der Waals surface area contributed by atoms with Crippen molar-refractivity contribution >= 4 is 17.9 Å². The van der Waals surface area contributed by atoms with Crippen LogP contribution in [0.15, 0.2) is 109 Å². The Morgan fingerprint density at radius 2 is 0.631 bits per heavy atom. The van der Waals surface area contributed by atoms with Gasteiger partial charge in [-0.1, -0.05) is 194 Å². The van der Waals surface area contributed by atoms with Crippen LogP contribution in [-0.4, -0.2) is 37.2 Å². The molecule has 0 saturated carbocycles. The van der Waals surface area contributed by atoms with E-state index in [1.165, 1.54) is 44.9 Å². The number of esters is 3. The predicted octanol–water partition coefficient (Wildman–Crippen LogP) is 17.5. The zero-order chi connectivity index (χ0) is 47.2. The largest absolute Gasteiger partial charge is 0.462 e. The Morgan fingerprint density at radius 3 is 1.03 bits per heavy atom. The molecule has 1 atom stereocenters. The maximum atomic E-state index is 12.8. The zero-order valence-electron chi connectivity index (χ0n) is 42.0. The Bertz CT molecular complexity index is 1360. The lowest BCUT2D eigenvalue weighted by Gasteiger charge is -2.18. The number of unbranched alkanes of at least 4 members (excludes halogenated alkanes) is 17. The average Bonchev–Trinajstić information content (AvgIpc) is 3.30. The number of ether oxygens (including phenoxy) is 3. The molecule has 65 heavy (non-hydrogen) atoms. The molecule has 0 amide bonds. The summed E-state index contributed by atoms with van der Waals surface area (Å²) in [5.74, 6) is -0.958. The molecule has 0 fully saturated rings. The topological polar surface area (TPSA) is 78.9 Å². The molecule has 6 nitrogen and oxygen atoms in total. The van der Waals surface area contributed by atoms with E-state index in [9.17, 15) is 14.4 Å². The van der Waals surface area contributed by atoms with Gasteiger partial charge in [0.15, 0.2) is 6.10 Å². The molecule has 0 spiro atoms. The summed E-state index contributed by atoms with van der Waals surface area (Å²) >= 11 is 0. The highest BCUT2D eigenvalue weighted by molar-refractivity contribution is 5.71. The molecule has 0 radical (unpaired) electrons. The molecule has 0 aliphatic carbocycles. The molecule has 1 unspecified atom stereocenters. The Balaban J connectivity index is 4.37. The first-order chi connectivity index (χ1) is 32.0. The standard InChI is InChI=1S/C59H96O6/c1-4-7-10-13-16-19-22-24-25-26-27-28-29-30-31-32-33-34-35-36-38-40-43-46-49-52-58(61)64-55-56(54-63-57(60)51-48-45-42-39-21-18-15-12-9-6-3)65-59(62)53-50-47-44-41-37-23-20-17-14-11-8-5-2/h7,10,12,15-17,19-20,24-25,27-28,30-31,33-34,36,38,56H,4-6,8-9,11,13-14,18,21-23,26,29,32,35,37,39-55H2,1-3H3/b10-7-,15-12-,19-16-,20-17-,25-24-,28-27-,31-30-,34-33-,38-36-. The SMILES string of the molecule is CC/C=C\C/C=C\C/C=C\C/C=C\C/C=C\C/C=C\C/C=C\CCCCCC(=O)OCC(COC(=O)CCCCCCC/C=C\CCC)OC(=O)CCCCCCC/C=C\CCCCC. The zero-order valence-corrected chi connectivity index (χ0v) is 42.0. The minimum absolute atomic E-state index is 0.0984. The van der Waals surface area contributed by atoms with Crippen LogP contribution in [0.2, 0.25) is 0 Å². The minimum atomic E-state index is -0.799. The molecule has 0 bridgehead atoms. The van der Waals surface area contributed by atoms with Crippen LogP contribution in [0.5, 0.6) is 0 Å². The maximum absolute atomic E-state index is 12.8. The van der Waals surface area contributed by atoms with Crippen LogP contribution in [0.4, 0.5) is 0 Å². The first-order valence-corrected chi connectivity index (χ1v) is 26.4. The van der Waals surface area contributed by atoms with Gasteiger partial charge >= 0.3 is 17.9 Å². The van der Waals surface area contributed by atoms with Gasteiger partial charge in [-0.05, 0) is 122 Å². The van der Waals surface area contributed by atoms with Crippen molar-refractivity contribution in [2.24, 2.45) is 0 Å². The second-order valence-corrected chi connectivity index (χ2v) is 17.0. The van der Waals surface area contributed by atoms with Crippen LogP contribution in [0.1, 0.15) is 226 Å². The Kier molecular flexibility index (Phi) is 49.5. The molecule has 6 heteroatoms. The fourth-order valence-electron chi connectivity index (χ4n) is 6.77. The van der Waals surface area contributed by atoms with Crippen LogP contribution in [0.25, 0.3) is 0 Å². The monoisotopic (exact) mass is 901 g/mol. The molecule has 0 aliphatic rings. The van der Waals surface area contributed by atoms with Gasteiger partial charge < -0.3 is 14.2 Å². The number of hydrogen-bond donors (Lipinski definition) is 0. The van der Waals surface area contributed by atoms with Crippen molar-refractivity contribution in [2.45, 2.75) is 232 Å². The summed E-state index contributed by atoms with van der Waals surface area (Å²) in [6.45, 7) is 6.38. The van der Waals surface area contributed by atoms with E-state index in [2.05, 4.69) is 130 Å². The maximum Gasteiger partial charge on any atom is 0.306 e. The van der Waals surface area contributed by atoms with E-state index in [1.807, 2.05) is 0 Å². The van der Waals surface area contributed by atoms with Gasteiger partial charge in [-0.3, -0.25) is 14.4 Å². The van der Waals surface area contributed by atoms with Crippen molar-refractivity contribution < 1.29 is 28.6 Å². The lowest BCUT2D eigenvalue weighted by molar-refractivity contribution is -0.167. The lowest BCUT2D eigenvalue weighted by Crippen LogP contribution is -2.30. The lowest BCUT2D eigenvalue weighted by atomic mass is 10.1. The third-order valence-corrected chi connectivity index (χ3v) is 10.7. The molecule has 0 N–H and O–H groups in total. The predicted molar refractivity (Wildman–Crippen MR) is 279 cm³/mol. The normalized spacial score (nSPS) is 13.0. The van der Waals surface area contributed by atoms with E-state index in [0.29, 0.717) is 19.3 Å². The van der Waals surface area contributed by atoms with Crippen molar-refractivity contribution in [3.8, 4) is 0 Å². The van der Waals surface area contributed by atoms with Crippen molar-refractivity contribution in [3.05, 3.63) is 109 Å². The van der Waals surface area contributed by atoms with E-state index < -0.39 is 6.10 Å². The van der Waals surface area contributed by atoms with Gasteiger partial charge in [-0.25, -0.2) is 0 Å². The van der Waals surface area contributed by atoms with Gasteiger partial charge in [0.1, 0.15) is 13.2 Å². The molecular weight excluding hydrogens is 805 g/mol. The van der Waals surface area contributed by atoms with Crippen LogP contribution in [0.3, 0.4) is 0 Å². The van der Waals surface area contributed by atoms with Gasteiger partial charge in [-0.2, -0.15) is 0 Å². The summed E-state index contributed by atoms with van der Waals surface area (Å²) in [4.78, 5) is 37.9. The van der Waals surface area contributed by atoms with Crippen LogP contribution >= 0.6 is 0 Å². The van der Waals surface area contributed by atoms with Gasteiger partial charge in [0.05, 0.1) is 0 Å². The molecule has 0 aliphatic heterocycles. The molecule has 0 saturated heterocycles. The van der Waals surface area contributed by atoms with Crippen molar-refractivity contribution in [1.29, 1.82) is 0 Å². The minimum Gasteiger partial charge on any atom is -0.462 e. The third-order valence-electron chi connectivity index (χ3n) is 10.7. The van der Waals surface area contributed by atoms with Gasteiger partial charge in [0.25, 0.3) is 0 Å². The van der Waals surface area contributed by atoms with E-state index in [4.69, 9.17) is 14.2 Å². The van der Waals surface area contributed by atoms with E-state index in [-0.39, 0.29) is 31.1 Å². The van der Waals surface area contributed by atoms with Crippen LogP contribution in [0, 0.1) is 0 Å². The van der Waals surface area contributed by atoms with Crippen LogP contribution < -0.4 is 0 Å². The number of allylic oxidation sites excluding steroid dienone is 18. The third kappa shape index (κ3) is 50.9. The highest BCUT2D eigenvalue weighted by Gasteiger charge is 2.19. The Labute approximate surface area is 400 Å². The highest BCUT2D eigenvalue weighted by Crippen LogP contribution is 2.13. The molecule has 0 heterocycles. The van der Waals surface area contributed by atoms with Crippen molar-refractivity contribution in [1.82, 2.24) is 0 Å². The average molecular weight is 901 g/mol. The number of carbonyl (C=O) groups excluding carboxylic acids is 3. The number of hydrogen-bond acceptors (Lipinski definition) is 6. The molecular formula is C59H96O6. The van der Waals surface area contributed by atoms with Crippen molar-refractivity contribution in [2.75, 3.05) is 13.2 Å². The second kappa shape index (κ2) is 52.7. The molecule has 0 rings (SSSR count). The van der Waals surface area contributed by atoms with Gasteiger partial charge in [-0.15, -0.1) is 0 Å². The Morgan fingerprint density at radius 1 is 0.323 bits per heavy atom.